The van der Waals surface area contributed by atoms with Crippen LogP contribution in [0.4, 0.5) is 0 Å². The van der Waals surface area contributed by atoms with E-state index in [4.69, 9.17) is 18.3 Å². The second kappa shape index (κ2) is 7.14. The number of hydrogen-bond donors (Lipinski definition) is 0. The first-order valence-electron chi connectivity index (χ1n) is 7.66. The fourth-order valence-electron chi connectivity index (χ4n) is 2.32. The summed E-state index contributed by atoms with van der Waals surface area (Å²) in [7, 11) is 0. The van der Waals surface area contributed by atoms with Crippen LogP contribution in [0.15, 0.2) is 54.7 Å². The van der Waals surface area contributed by atoms with Crippen molar-refractivity contribution >= 4 is 32.9 Å². The number of ether oxygens (including phenoxy) is 2. The van der Waals surface area contributed by atoms with Crippen LogP contribution in [0.1, 0.15) is 13.8 Å². The Balaban J connectivity index is 2.15. The number of halogens is 1. The molecule has 1 aromatic carbocycles. The Hall–Kier alpha value is -2.54. The third kappa shape index (κ3) is 3.46. The van der Waals surface area contributed by atoms with Gasteiger partial charge in [0.05, 0.1) is 12.0 Å². The third-order valence-corrected chi connectivity index (χ3v) is 3.89. The lowest BCUT2D eigenvalue weighted by Crippen LogP contribution is -2.28. The molecule has 0 bridgehead atoms. The van der Waals surface area contributed by atoms with Crippen LogP contribution in [0.3, 0.4) is 0 Å². The zero-order valence-corrected chi connectivity index (χ0v) is 15.2. The molecule has 0 aliphatic heterocycles. The summed E-state index contributed by atoms with van der Waals surface area (Å²) in [6, 6.07) is 10.1. The lowest BCUT2D eigenvalue weighted by molar-refractivity contribution is -0.150. The topological polar surface area (TPSA) is 78.9 Å². The number of rotatable bonds is 5. The molecule has 2 aromatic heterocycles. The predicted octanol–water partition coefficient (Wildman–Crippen LogP) is 4.15. The molecule has 0 N–H and O–H groups in total. The number of esters is 1. The molecule has 0 unspecified atom stereocenters. The van der Waals surface area contributed by atoms with Crippen molar-refractivity contribution in [2.24, 2.45) is 0 Å². The zero-order valence-electron chi connectivity index (χ0n) is 13.6. The predicted molar refractivity (Wildman–Crippen MR) is 94.6 cm³/mol. The number of hydrogen-bond acceptors (Lipinski definition) is 6. The van der Waals surface area contributed by atoms with Crippen molar-refractivity contribution in [2.75, 3.05) is 6.61 Å². The minimum atomic E-state index is -0.971. The van der Waals surface area contributed by atoms with Crippen LogP contribution in [0, 0.1) is 0 Å². The highest BCUT2D eigenvalue weighted by Gasteiger charge is 2.25. The van der Waals surface area contributed by atoms with Gasteiger partial charge in [0.15, 0.2) is 16.5 Å². The Kier molecular flexibility index (Phi) is 4.94. The van der Waals surface area contributed by atoms with Crippen molar-refractivity contribution in [1.29, 1.82) is 0 Å². The monoisotopic (exact) mass is 406 g/mol. The number of fused-ring (bicyclic) bond motifs is 1. The molecule has 0 aliphatic rings. The Morgan fingerprint density at radius 2 is 1.96 bits per heavy atom. The van der Waals surface area contributed by atoms with Gasteiger partial charge in [-0.3, -0.25) is 4.79 Å². The van der Waals surface area contributed by atoms with E-state index in [9.17, 15) is 9.59 Å². The van der Waals surface area contributed by atoms with E-state index >= 15 is 0 Å². The molecule has 3 aromatic rings. The zero-order chi connectivity index (χ0) is 18.0. The molecule has 1 atom stereocenters. The second-order valence-corrected chi connectivity index (χ2v) is 5.98. The van der Waals surface area contributed by atoms with Gasteiger partial charge in [0.1, 0.15) is 5.58 Å². The van der Waals surface area contributed by atoms with E-state index < -0.39 is 12.1 Å². The number of carbonyl (C=O) groups is 1. The minimum absolute atomic E-state index is 0.0962. The SMILES string of the molecule is CCOC(=O)[C@H](C)Oc1c(-c2ccc(Br)o2)oc2ccccc2c1=O. The first-order chi connectivity index (χ1) is 12.0. The molecule has 7 heteroatoms. The number of benzene rings is 1. The minimum Gasteiger partial charge on any atom is -0.471 e. The maximum atomic E-state index is 12.9. The Labute approximate surface area is 151 Å². The van der Waals surface area contributed by atoms with Crippen molar-refractivity contribution in [2.45, 2.75) is 20.0 Å². The summed E-state index contributed by atoms with van der Waals surface area (Å²) in [6.45, 7) is 3.42. The average molecular weight is 407 g/mol. The number of para-hydroxylation sites is 1. The van der Waals surface area contributed by atoms with E-state index in [1.807, 2.05) is 0 Å². The molecule has 25 heavy (non-hydrogen) atoms. The van der Waals surface area contributed by atoms with Crippen LogP contribution in [-0.2, 0) is 9.53 Å². The van der Waals surface area contributed by atoms with Crippen molar-refractivity contribution in [1.82, 2.24) is 0 Å². The largest absolute Gasteiger partial charge is 0.471 e. The van der Waals surface area contributed by atoms with Crippen LogP contribution in [0.5, 0.6) is 5.75 Å². The Morgan fingerprint density at radius 3 is 2.64 bits per heavy atom. The first kappa shape index (κ1) is 17.3. The maximum absolute atomic E-state index is 12.9. The summed E-state index contributed by atoms with van der Waals surface area (Å²) < 4.78 is 22.3. The van der Waals surface area contributed by atoms with Gasteiger partial charge in [0.25, 0.3) is 0 Å². The van der Waals surface area contributed by atoms with Gasteiger partial charge in [-0.2, -0.15) is 0 Å². The van der Waals surface area contributed by atoms with Crippen molar-refractivity contribution in [3.05, 3.63) is 51.3 Å². The van der Waals surface area contributed by atoms with Crippen molar-refractivity contribution < 1.29 is 23.1 Å². The summed E-state index contributed by atoms with van der Waals surface area (Å²) in [5.74, 6) is -0.242. The lowest BCUT2D eigenvalue weighted by atomic mass is 10.2. The smallest absolute Gasteiger partial charge is 0.347 e. The molecule has 0 saturated carbocycles. The molecule has 0 amide bonds. The van der Waals surface area contributed by atoms with E-state index in [0.717, 1.165) is 0 Å². The van der Waals surface area contributed by atoms with Gasteiger partial charge in [-0.25, -0.2) is 4.79 Å². The van der Waals surface area contributed by atoms with Crippen LogP contribution in [0.25, 0.3) is 22.5 Å². The van der Waals surface area contributed by atoms with Gasteiger partial charge in [0, 0.05) is 0 Å². The third-order valence-electron chi connectivity index (χ3n) is 3.47. The number of furan rings is 1. The van der Waals surface area contributed by atoms with Gasteiger partial charge >= 0.3 is 5.97 Å². The Bertz CT molecular complexity index is 971. The summed E-state index contributed by atoms with van der Waals surface area (Å²) in [6.07, 6.45) is -0.971. The molecule has 0 saturated heterocycles. The quantitative estimate of drug-likeness (QED) is 0.592. The average Bonchev–Trinajstić information content (AvgIpc) is 3.03. The second-order valence-electron chi connectivity index (χ2n) is 5.20. The summed E-state index contributed by atoms with van der Waals surface area (Å²) >= 11 is 3.22. The van der Waals surface area contributed by atoms with Crippen LogP contribution in [-0.4, -0.2) is 18.7 Å². The fourth-order valence-corrected chi connectivity index (χ4v) is 2.62. The highest BCUT2D eigenvalue weighted by Crippen LogP contribution is 2.33. The standard InChI is InChI=1S/C18H15BrO6/c1-3-22-18(21)10(2)23-17-15(20)11-6-4-5-7-12(11)25-16(17)13-8-9-14(19)24-13/h4-10H,3H2,1-2H3/t10-/m0/s1. The molecular weight excluding hydrogens is 392 g/mol. The van der Waals surface area contributed by atoms with E-state index in [0.29, 0.717) is 21.4 Å². The van der Waals surface area contributed by atoms with Crippen LogP contribution in [0.2, 0.25) is 0 Å². The van der Waals surface area contributed by atoms with Gasteiger partial charge in [-0.05, 0) is 54.0 Å². The van der Waals surface area contributed by atoms with E-state index in [1.165, 1.54) is 6.92 Å². The van der Waals surface area contributed by atoms with E-state index in [-0.39, 0.29) is 23.5 Å². The molecule has 0 aliphatic carbocycles. The van der Waals surface area contributed by atoms with Crippen molar-refractivity contribution in [3.8, 4) is 17.3 Å². The summed E-state index contributed by atoms with van der Waals surface area (Å²) in [5.41, 5.74) is 0.00619. The molecule has 3 rings (SSSR count). The molecule has 2 heterocycles. The van der Waals surface area contributed by atoms with Gasteiger partial charge in [-0.15, -0.1) is 0 Å². The fraction of sp³-hybridized carbons (Fsp3) is 0.222. The lowest BCUT2D eigenvalue weighted by Gasteiger charge is -2.15. The Morgan fingerprint density at radius 1 is 1.20 bits per heavy atom. The molecule has 0 fully saturated rings. The maximum Gasteiger partial charge on any atom is 0.347 e. The van der Waals surface area contributed by atoms with Crippen LogP contribution >= 0.6 is 15.9 Å². The molecule has 6 nitrogen and oxygen atoms in total. The van der Waals surface area contributed by atoms with Gasteiger partial charge in [-0.1, -0.05) is 12.1 Å². The number of carbonyl (C=O) groups excluding carboxylic acids is 1. The van der Waals surface area contributed by atoms with Gasteiger partial charge < -0.3 is 18.3 Å². The van der Waals surface area contributed by atoms with E-state index in [1.54, 1.807) is 43.3 Å². The molecule has 0 spiro atoms. The molecule has 0 radical (unpaired) electrons. The normalized spacial score (nSPS) is 12.1. The highest BCUT2D eigenvalue weighted by atomic mass is 79.9. The van der Waals surface area contributed by atoms with Crippen LogP contribution < -0.4 is 10.2 Å². The molecular formula is C18H15BrO6. The molecule has 130 valence electrons. The van der Waals surface area contributed by atoms with Gasteiger partial charge in [0.2, 0.25) is 16.9 Å². The highest BCUT2D eigenvalue weighted by molar-refractivity contribution is 9.10. The summed E-state index contributed by atoms with van der Waals surface area (Å²) in [4.78, 5) is 24.7. The first-order valence-corrected chi connectivity index (χ1v) is 8.45. The summed E-state index contributed by atoms with van der Waals surface area (Å²) in [5, 5.41) is 0.350. The van der Waals surface area contributed by atoms with E-state index in [2.05, 4.69) is 15.9 Å². The van der Waals surface area contributed by atoms with Crippen molar-refractivity contribution in [3.63, 3.8) is 0 Å².